The molecule has 3 rings (SSSR count). The summed E-state index contributed by atoms with van der Waals surface area (Å²) in [7, 11) is 0. The van der Waals surface area contributed by atoms with E-state index in [1.54, 1.807) is 30.0 Å². The quantitative estimate of drug-likeness (QED) is 0.772. The molecule has 0 aromatic heterocycles. The van der Waals surface area contributed by atoms with Crippen molar-refractivity contribution in [3.63, 3.8) is 0 Å². The molecule has 2 aromatic carbocycles. The van der Waals surface area contributed by atoms with Crippen molar-refractivity contribution in [1.82, 2.24) is 0 Å². The molecule has 0 spiro atoms. The van der Waals surface area contributed by atoms with Gasteiger partial charge in [-0.1, -0.05) is 12.1 Å². The second-order valence-electron chi connectivity index (χ2n) is 5.22. The molecule has 0 bridgehead atoms. The van der Waals surface area contributed by atoms with E-state index < -0.39 is 5.82 Å². The highest BCUT2D eigenvalue weighted by Gasteiger charge is 2.16. The summed E-state index contributed by atoms with van der Waals surface area (Å²) in [5, 5.41) is 0. The van der Waals surface area contributed by atoms with Gasteiger partial charge in [0.2, 0.25) is 0 Å². The van der Waals surface area contributed by atoms with Crippen molar-refractivity contribution in [3.8, 4) is 5.75 Å². The van der Waals surface area contributed by atoms with Crippen LogP contribution in [0.2, 0.25) is 0 Å². The highest BCUT2D eigenvalue weighted by molar-refractivity contribution is 7.99. The molecule has 0 fully saturated rings. The number of hydrogen-bond acceptors (Lipinski definition) is 4. The van der Waals surface area contributed by atoms with Gasteiger partial charge >= 0.3 is 0 Å². The lowest BCUT2D eigenvalue weighted by Gasteiger charge is -2.17. The highest BCUT2D eigenvalue weighted by atomic mass is 32.2. The SMILES string of the molecule is O=C(CCC(=O)c1ccc2c(c1)SCCO2)c1cccc(F)c1. The zero-order valence-corrected chi connectivity index (χ0v) is 13.2. The number of benzene rings is 2. The van der Waals surface area contributed by atoms with Gasteiger partial charge in [0.25, 0.3) is 0 Å². The van der Waals surface area contributed by atoms with Gasteiger partial charge in [-0.25, -0.2) is 4.39 Å². The van der Waals surface area contributed by atoms with Gasteiger partial charge in [-0.05, 0) is 30.3 Å². The smallest absolute Gasteiger partial charge is 0.163 e. The van der Waals surface area contributed by atoms with Gasteiger partial charge < -0.3 is 4.74 Å². The predicted molar refractivity (Wildman–Crippen MR) is 87.0 cm³/mol. The minimum atomic E-state index is -0.450. The second kappa shape index (κ2) is 6.96. The topological polar surface area (TPSA) is 43.4 Å². The van der Waals surface area contributed by atoms with Crippen LogP contribution >= 0.6 is 11.8 Å². The van der Waals surface area contributed by atoms with Gasteiger partial charge in [0.15, 0.2) is 11.6 Å². The van der Waals surface area contributed by atoms with Crippen LogP contribution in [0.5, 0.6) is 5.75 Å². The molecule has 5 heteroatoms. The first kappa shape index (κ1) is 15.7. The van der Waals surface area contributed by atoms with Crippen molar-refractivity contribution in [2.24, 2.45) is 0 Å². The molecule has 1 heterocycles. The Balaban J connectivity index is 1.64. The molecule has 2 aromatic rings. The molecule has 23 heavy (non-hydrogen) atoms. The molecular formula is C18H15FO3S. The maximum Gasteiger partial charge on any atom is 0.163 e. The minimum absolute atomic E-state index is 0.0724. The van der Waals surface area contributed by atoms with Crippen molar-refractivity contribution in [1.29, 1.82) is 0 Å². The lowest BCUT2D eigenvalue weighted by molar-refractivity contribution is 0.0917. The maximum absolute atomic E-state index is 13.1. The highest BCUT2D eigenvalue weighted by Crippen LogP contribution is 2.34. The summed E-state index contributed by atoms with van der Waals surface area (Å²) in [5.74, 6) is 0.891. The fraction of sp³-hybridized carbons (Fsp3) is 0.222. The summed E-state index contributed by atoms with van der Waals surface area (Å²) in [6.07, 6.45) is 0.183. The average molecular weight is 330 g/mol. The van der Waals surface area contributed by atoms with E-state index in [0.29, 0.717) is 17.7 Å². The van der Waals surface area contributed by atoms with Gasteiger partial charge in [-0.3, -0.25) is 9.59 Å². The molecule has 0 N–H and O–H groups in total. The first-order valence-electron chi connectivity index (χ1n) is 7.35. The zero-order valence-electron chi connectivity index (χ0n) is 12.4. The van der Waals surface area contributed by atoms with Gasteiger partial charge in [-0.2, -0.15) is 0 Å². The van der Waals surface area contributed by atoms with Gasteiger partial charge in [0.1, 0.15) is 11.6 Å². The Kier molecular flexibility index (Phi) is 4.76. The van der Waals surface area contributed by atoms with Crippen molar-refractivity contribution < 1.29 is 18.7 Å². The Bertz CT molecular complexity index is 758. The van der Waals surface area contributed by atoms with Crippen molar-refractivity contribution in [2.45, 2.75) is 17.7 Å². The molecule has 1 aliphatic rings. The maximum atomic E-state index is 13.1. The number of ketones is 2. The van der Waals surface area contributed by atoms with Gasteiger partial charge in [0.05, 0.1) is 11.5 Å². The summed E-state index contributed by atoms with van der Waals surface area (Å²) < 4.78 is 18.6. The molecule has 0 saturated carbocycles. The van der Waals surface area contributed by atoms with E-state index >= 15 is 0 Å². The number of fused-ring (bicyclic) bond motifs is 1. The van der Waals surface area contributed by atoms with Crippen molar-refractivity contribution in [3.05, 3.63) is 59.4 Å². The Labute approximate surface area is 137 Å². The van der Waals surface area contributed by atoms with E-state index in [4.69, 9.17) is 4.74 Å². The zero-order chi connectivity index (χ0) is 16.2. The van der Waals surface area contributed by atoms with Crippen LogP contribution in [-0.2, 0) is 0 Å². The van der Waals surface area contributed by atoms with E-state index in [-0.39, 0.29) is 24.4 Å². The summed E-state index contributed by atoms with van der Waals surface area (Å²) in [4.78, 5) is 25.2. The number of rotatable bonds is 5. The van der Waals surface area contributed by atoms with E-state index in [0.717, 1.165) is 16.4 Å². The first-order valence-corrected chi connectivity index (χ1v) is 8.33. The molecule has 3 nitrogen and oxygen atoms in total. The van der Waals surface area contributed by atoms with Crippen LogP contribution in [-0.4, -0.2) is 23.9 Å². The number of carbonyl (C=O) groups excluding carboxylic acids is 2. The van der Waals surface area contributed by atoms with E-state index in [2.05, 4.69) is 0 Å². The molecule has 0 aliphatic carbocycles. The minimum Gasteiger partial charge on any atom is -0.492 e. The molecule has 1 aliphatic heterocycles. The summed E-state index contributed by atoms with van der Waals surface area (Å²) in [6.45, 7) is 0.674. The number of hydrogen-bond donors (Lipinski definition) is 0. The number of Topliss-reactive ketones (excluding diaryl/α,β-unsaturated/α-hetero) is 2. The lowest BCUT2D eigenvalue weighted by atomic mass is 10.0. The molecule has 0 atom stereocenters. The average Bonchev–Trinajstić information content (AvgIpc) is 2.59. The Hall–Kier alpha value is -2.14. The van der Waals surface area contributed by atoms with Crippen LogP contribution in [0.4, 0.5) is 4.39 Å². The Morgan fingerprint density at radius 1 is 1.04 bits per heavy atom. The normalized spacial score (nSPS) is 13.1. The monoisotopic (exact) mass is 330 g/mol. The van der Waals surface area contributed by atoms with Crippen molar-refractivity contribution in [2.75, 3.05) is 12.4 Å². The third-order valence-electron chi connectivity index (χ3n) is 3.59. The largest absolute Gasteiger partial charge is 0.492 e. The summed E-state index contributed by atoms with van der Waals surface area (Å²) in [6, 6.07) is 10.9. The molecule has 0 amide bonds. The molecule has 118 valence electrons. The molecule has 0 unspecified atom stereocenters. The predicted octanol–water partition coefficient (Wildman–Crippen LogP) is 4.16. The Morgan fingerprint density at radius 2 is 1.78 bits per heavy atom. The first-order chi connectivity index (χ1) is 11.1. The third kappa shape index (κ3) is 3.79. The standard InChI is InChI=1S/C18H15FO3S/c19-14-3-1-2-12(10-14)15(20)5-6-16(21)13-4-7-17-18(11-13)23-9-8-22-17/h1-4,7,10-11H,5-6,8-9H2. The second-order valence-corrected chi connectivity index (χ2v) is 6.35. The Morgan fingerprint density at radius 3 is 2.52 bits per heavy atom. The van der Waals surface area contributed by atoms with E-state index in [9.17, 15) is 14.0 Å². The number of halogens is 1. The van der Waals surface area contributed by atoms with Crippen LogP contribution in [0.3, 0.4) is 0 Å². The number of ether oxygens (including phenoxy) is 1. The summed E-state index contributed by atoms with van der Waals surface area (Å²) in [5.41, 5.74) is 0.876. The lowest BCUT2D eigenvalue weighted by Crippen LogP contribution is -2.09. The molecule has 0 radical (unpaired) electrons. The number of thioether (sulfide) groups is 1. The fourth-order valence-electron chi connectivity index (χ4n) is 2.39. The van der Waals surface area contributed by atoms with Crippen LogP contribution in [0, 0.1) is 5.82 Å². The fourth-order valence-corrected chi connectivity index (χ4v) is 3.26. The molecular weight excluding hydrogens is 315 g/mol. The molecule has 0 saturated heterocycles. The van der Waals surface area contributed by atoms with Crippen LogP contribution in [0.25, 0.3) is 0 Å². The van der Waals surface area contributed by atoms with Gasteiger partial charge in [0, 0.05) is 29.7 Å². The van der Waals surface area contributed by atoms with E-state index in [1.165, 1.54) is 18.2 Å². The van der Waals surface area contributed by atoms with E-state index in [1.807, 2.05) is 6.07 Å². The van der Waals surface area contributed by atoms with Crippen LogP contribution in [0.1, 0.15) is 33.6 Å². The number of carbonyl (C=O) groups is 2. The van der Waals surface area contributed by atoms with Crippen LogP contribution in [0.15, 0.2) is 47.4 Å². The van der Waals surface area contributed by atoms with Crippen LogP contribution < -0.4 is 4.74 Å². The summed E-state index contributed by atoms with van der Waals surface area (Å²) >= 11 is 1.66. The van der Waals surface area contributed by atoms with Gasteiger partial charge in [-0.15, -0.1) is 11.8 Å². The third-order valence-corrected chi connectivity index (χ3v) is 4.59. The van der Waals surface area contributed by atoms with Crippen molar-refractivity contribution >= 4 is 23.3 Å².